The lowest BCUT2D eigenvalue weighted by Crippen LogP contribution is -2.00. The molecule has 0 aliphatic carbocycles. The zero-order valence-electron chi connectivity index (χ0n) is 13.8. The fourth-order valence-electron chi connectivity index (χ4n) is 2.93. The Kier molecular flexibility index (Phi) is 3.93. The number of fused-ring (bicyclic) bond motifs is 1. The number of nitrogens with zero attached hydrogens (tertiary/aromatic N) is 2. The van der Waals surface area contributed by atoms with Crippen molar-refractivity contribution in [3.05, 3.63) is 70.7 Å². The van der Waals surface area contributed by atoms with Gasteiger partial charge in [0.15, 0.2) is 5.65 Å². The van der Waals surface area contributed by atoms with Crippen LogP contribution in [-0.2, 0) is 0 Å². The van der Waals surface area contributed by atoms with Crippen LogP contribution >= 0.6 is 11.6 Å². The van der Waals surface area contributed by atoms with E-state index in [2.05, 4.69) is 15.2 Å². The number of aromatic amines is 1. The number of benzene rings is 2. The molecule has 0 saturated heterocycles. The van der Waals surface area contributed by atoms with Crippen LogP contribution in [-0.4, -0.2) is 26.3 Å². The lowest BCUT2D eigenvalue weighted by molar-refractivity contribution is 0.0699. The van der Waals surface area contributed by atoms with E-state index in [0.717, 1.165) is 11.1 Å². The Morgan fingerprint density at radius 1 is 1.12 bits per heavy atom. The summed E-state index contributed by atoms with van der Waals surface area (Å²) in [5, 5.41) is 17.9. The third kappa shape index (κ3) is 2.72. The van der Waals surface area contributed by atoms with Crippen LogP contribution < -0.4 is 0 Å². The molecule has 2 aromatic carbocycles. The normalized spacial score (nSPS) is 11.0. The summed E-state index contributed by atoms with van der Waals surface area (Å²) in [6.07, 6.45) is 0. The minimum Gasteiger partial charge on any atom is -0.478 e. The summed E-state index contributed by atoms with van der Waals surface area (Å²) in [7, 11) is 0. The standard InChI is InChI=1S/C20H14ClN3O2/c1-11-6-8-12(9-7-11)18-17-14(20(25)26)10-16(22-19(17)24-23-18)13-4-2-3-5-15(13)21/h2-10H,1H3,(H,25,26)(H,22,23,24). The Balaban J connectivity index is 1.98. The highest BCUT2D eigenvalue weighted by molar-refractivity contribution is 6.33. The molecule has 2 heterocycles. The predicted molar refractivity (Wildman–Crippen MR) is 101 cm³/mol. The van der Waals surface area contributed by atoms with E-state index in [1.807, 2.05) is 43.3 Å². The fourth-order valence-corrected chi connectivity index (χ4v) is 3.16. The van der Waals surface area contributed by atoms with E-state index in [4.69, 9.17) is 11.6 Å². The number of carboxylic acids is 1. The Morgan fingerprint density at radius 3 is 2.54 bits per heavy atom. The molecule has 5 nitrogen and oxygen atoms in total. The predicted octanol–water partition coefficient (Wildman–Crippen LogP) is 4.95. The molecule has 6 heteroatoms. The summed E-state index contributed by atoms with van der Waals surface area (Å²) in [5.74, 6) is -1.04. The first kappa shape index (κ1) is 16.3. The van der Waals surface area contributed by atoms with Crippen molar-refractivity contribution >= 4 is 28.6 Å². The van der Waals surface area contributed by atoms with Gasteiger partial charge in [0.25, 0.3) is 0 Å². The summed E-state index contributed by atoms with van der Waals surface area (Å²) in [5.41, 5.74) is 4.23. The largest absolute Gasteiger partial charge is 0.478 e. The highest BCUT2D eigenvalue weighted by atomic mass is 35.5. The Bertz CT molecular complexity index is 1130. The molecule has 0 spiro atoms. The minimum atomic E-state index is -1.04. The Labute approximate surface area is 154 Å². The number of aromatic carboxylic acids is 1. The van der Waals surface area contributed by atoms with Crippen molar-refractivity contribution < 1.29 is 9.90 Å². The average molecular weight is 364 g/mol. The van der Waals surface area contributed by atoms with Crippen molar-refractivity contribution in [3.8, 4) is 22.5 Å². The highest BCUT2D eigenvalue weighted by Crippen LogP contribution is 2.33. The van der Waals surface area contributed by atoms with Gasteiger partial charge in [0.05, 0.1) is 22.3 Å². The van der Waals surface area contributed by atoms with Crippen molar-refractivity contribution in [1.29, 1.82) is 0 Å². The van der Waals surface area contributed by atoms with E-state index in [0.29, 0.717) is 33.0 Å². The van der Waals surface area contributed by atoms with E-state index < -0.39 is 5.97 Å². The molecule has 0 unspecified atom stereocenters. The smallest absolute Gasteiger partial charge is 0.336 e. The maximum atomic E-state index is 11.9. The van der Waals surface area contributed by atoms with Crippen LogP contribution in [0.15, 0.2) is 54.6 Å². The molecule has 2 N–H and O–H groups in total. The van der Waals surface area contributed by atoms with Crippen LogP contribution in [0.5, 0.6) is 0 Å². The third-order valence-electron chi connectivity index (χ3n) is 4.24. The van der Waals surface area contributed by atoms with Crippen molar-refractivity contribution in [2.24, 2.45) is 0 Å². The molecule has 0 amide bonds. The van der Waals surface area contributed by atoms with E-state index >= 15 is 0 Å². The number of rotatable bonds is 3. The van der Waals surface area contributed by atoms with Crippen LogP contribution in [0.25, 0.3) is 33.5 Å². The van der Waals surface area contributed by atoms with Gasteiger partial charge in [-0.1, -0.05) is 59.6 Å². The lowest BCUT2D eigenvalue weighted by atomic mass is 10.0. The van der Waals surface area contributed by atoms with Crippen molar-refractivity contribution in [2.75, 3.05) is 0 Å². The van der Waals surface area contributed by atoms with Gasteiger partial charge >= 0.3 is 5.97 Å². The quantitative estimate of drug-likeness (QED) is 0.539. The van der Waals surface area contributed by atoms with E-state index in [9.17, 15) is 9.90 Å². The first-order chi connectivity index (χ1) is 12.5. The molecule has 0 radical (unpaired) electrons. The number of aromatic nitrogens is 3. The number of nitrogens with one attached hydrogen (secondary N) is 1. The van der Waals surface area contributed by atoms with Gasteiger partial charge in [0, 0.05) is 16.1 Å². The minimum absolute atomic E-state index is 0.134. The van der Waals surface area contributed by atoms with Crippen molar-refractivity contribution in [3.63, 3.8) is 0 Å². The second-order valence-corrected chi connectivity index (χ2v) is 6.41. The van der Waals surface area contributed by atoms with Gasteiger partial charge in [-0.25, -0.2) is 9.78 Å². The molecule has 0 bridgehead atoms. The Hall–Kier alpha value is -3.18. The van der Waals surface area contributed by atoms with Gasteiger partial charge in [-0.05, 0) is 19.1 Å². The van der Waals surface area contributed by atoms with Crippen molar-refractivity contribution in [2.45, 2.75) is 6.92 Å². The summed E-state index contributed by atoms with van der Waals surface area (Å²) in [6.45, 7) is 1.99. The molecule has 2 aromatic heterocycles. The first-order valence-electron chi connectivity index (χ1n) is 7.99. The SMILES string of the molecule is Cc1ccc(-c2[nH]nc3nc(-c4ccccc4Cl)cc(C(=O)O)c23)cc1. The number of pyridine rings is 1. The number of aryl methyl sites for hydroxylation is 1. The monoisotopic (exact) mass is 363 g/mol. The summed E-state index contributed by atoms with van der Waals surface area (Å²) >= 11 is 6.24. The Morgan fingerprint density at radius 2 is 1.85 bits per heavy atom. The molecular formula is C20H14ClN3O2. The van der Waals surface area contributed by atoms with Crippen LogP contribution in [0.1, 0.15) is 15.9 Å². The summed E-state index contributed by atoms with van der Waals surface area (Å²) in [4.78, 5) is 16.4. The topological polar surface area (TPSA) is 78.9 Å². The van der Waals surface area contributed by atoms with Gasteiger partial charge in [-0.2, -0.15) is 5.10 Å². The van der Waals surface area contributed by atoms with Gasteiger partial charge < -0.3 is 5.11 Å². The maximum absolute atomic E-state index is 11.9. The van der Waals surface area contributed by atoms with E-state index in [1.54, 1.807) is 18.2 Å². The molecule has 26 heavy (non-hydrogen) atoms. The van der Waals surface area contributed by atoms with Crippen LogP contribution in [0, 0.1) is 6.92 Å². The third-order valence-corrected chi connectivity index (χ3v) is 4.57. The van der Waals surface area contributed by atoms with Crippen LogP contribution in [0.2, 0.25) is 5.02 Å². The average Bonchev–Trinajstić information content (AvgIpc) is 3.06. The second-order valence-electron chi connectivity index (χ2n) is 6.00. The first-order valence-corrected chi connectivity index (χ1v) is 8.37. The van der Waals surface area contributed by atoms with Crippen molar-refractivity contribution in [1.82, 2.24) is 15.2 Å². The summed E-state index contributed by atoms with van der Waals surface area (Å²) in [6, 6.07) is 16.5. The molecule has 0 aliphatic heterocycles. The van der Waals surface area contributed by atoms with Crippen LogP contribution in [0.3, 0.4) is 0 Å². The second kappa shape index (κ2) is 6.28. The number of carbonyl (C=O) groups is 1. The molecule has 128 valence electrons. The highest BCUT2D eigenvalue weighted by Gasteiger charge is 2.20. The number of hydrogen-bond acceptors (Lipinski definition) is 3. The zero-order chi connectivity index (χ0) is 18.3. The van der Waals surface area contributed by atoms with E-state index in [-0.39, 0.29) is 5.56 Å². The number of hydrogen-bond donors (Lipinski definition) is 2. The molecular weight excluding hydrogens is 350 g/mol. The molecule has 0 fully saturated rings. The van der Waals surface area contributed by atoms with E-state index in [1.165, 1.54) is 0 Å². The van der Waals surface area contributed by atoms with Gasteiger partial charge in [0.1, 0.15) is 0 Å². The van der Waals surface area contributed by atoms with Gasteiger partial charge in [-0.15, -0.1) is 0 Å². The van der Waals surface area contributed by atoms with Gasteiger partial charge in [-0.3, -0.25) is 5.10 Å². The number of H-pyrrole nitrogens is 1. The van der Waals surface area contributed by atoms with Gasteiger partial charge in [0.2, 0.25) is 0 Å². The molecule has 4 rings (SSSR count). The molecule has 4 aromatic rings. The molecule has 0 atom stereocenters. The zero-order valence-corrected chi connectivity index (χ0v) is 14.6. The molecule has 0 saturated carbocycles. The van der Waals surface area contributed by atoms with Crippen LogP contribution in [0.4, 0.5) is 0 Å². The fraction of sp³-hybridized carbons (Fsp3) is 0.0500. The maximum Gasteiger partial charge on any atom is 0.336 e. The number of halogens is 1. The number of carboxylic acid groups (broad SMARTS) is 1. The summed E-state index contributed by atoms with van der Waals surface area (Å²) < 4.78 is 0. The molecule has 0 aliphatic rings. The lowest BCUT2D eigenvalue weighted by Gasteiger charge is -2.07.